The van der Waals surface area contributed by atoms with E-state index in [-0.39, 0.29) is 12.4 Å². The molecule has 1 aliphatic heterocycles. The summed E-state index contributed by atoms with van der Waals surface area (Å²) in [7, 11) is 1.61. The lowest BCUT2D eigenvalue weighted by Crippen LogP contribution is -2.36. The van der Waals surface area contributed by atoms with Gasteiger partial charge in [-0.1, -0.05) is 5.16 Å². The lowest BCUT2D eigenvalue weighted by Gasteiger charge is -2.32. The molecule has 2 rings (SSSR count). The Morgan fingerprint density at radius 1 is 1.53 bits per heavy atom. The number of hydrogen-bond donors (Lipinski definition) is 2. The topological polar surface area (TPSA) is 104 Å². The van der Waals surface area contributed by atoms with Gasteiger partial charge in [-0.3, -0.25) is 0 Å². The zero-order valence-electron chi connectivity index (χ0n) is 9.76. The maximum Gasteiger partial charge on any atom is 0.256 e. The predicted molar refractivity (Wildman–Crippen MR) is 57.1 cm³/mol. The molecule has 1 fully saturated rings. The van der Waals surface area contributed by atoms with Gasteiger partial charge in [0.1, 0.15) is 11.7 Å². The van der Waals surface area contributed by atoms with Crippen LogP contribution in [-0.4, -0.2) is 42.1 Å². The summed E-state index contributed by atoms with van der Waals surface area (Å²) in [5.74, 6) is 0.580. The van der Waals surface area contributed by atoms with E-state index in [1.54, 1.807) is 7.11 Å². The number of nitrogens with zero attached hydrogens (tertiary/aromatic N) is 2. The molecule has 0 bridgehead atoms. The van der Waals surface area contributed by atoms with Crippen molar-refractivity contribution in [1.29, 1.82) is 0 Å². The molecule has 1 atom stereocenters. The third-order valence-corrected chi connectivity index (χ3v) is 3.05. The molecule has 0 saturated carbocycles. The highest BCUT2D eigenvalue weighted by Gasteiger charge is 2.39. The third-order valence-electron chi connectivity index (χ3n) is 3.05. The molecule has 3 N–H and O–H groups in total. The van der Waals surface area contributed by atoms with E-state index < -0.39 is 11.7 Å². The molecule has 1 aromatic heterocycles. The van der Waals surface area contributed by atoms with E-state index in [0.717, 1.165) is 0 Å². The van der Waals surface area contributed by atoms with Crippen LogP contribution in [-0.2, 0) is 15.1 Å². The minimum Gasteiger partial charge on any atom is -0.382 e. The van der Waals surface area contributed by atoms with Gasteiger partial charge in [0, 0.05) is 39.7 Å². The number of aliphatic hydroxyl groups is 1. The highest BCUT2D eigenvalue weighted by Crippen LogP contribution is 2.33. The normalized spacial score (nSPS) is 21.4. The molecule has 0 spiro atoms. The molecule has 96 valence electrons. The maximum absolute atomic E-state index is 9.51. The van der Waals surface area contributed by atoms with Gasteiger partial charge in [-0.2, -0.15) is 4.98 Å². The zero-order valence-corrected chi connectivity index (χ0v) is 9.76. The summed E-state index contributed by atoms with van der Waals surface area (Å²) < 4.78 is 15.8. The fourth-order valence-electron chi connectivity index (χ4n) is 1.88. The quantitative estimate of drug-likeness (QED) is 0.749. The SMILES string of the molecule is COC1(c2noc([C@@H](O)CN)n2)CCOCC1. The van der Waals surface area contributed by atoms with Crippen molar-refractivity contribution in [3.8, 4) is 0 Å². The monoisotopic (exact) mass is 243 g/mol. The fourth-order valence-corrected chi connectivity index (χ4v) is 1.88. The molecule has 0 aliphatic carbocycles. The van der Waals surface area contributed by atoms with Gasteiger partial charge in [0.05, 0.1) is 0 Å². The van der Waals surface area contributed by atoms with Gasteiger partial charge in [-0.15, -0.1) is 0 Å². The number of rotatable bonds is 4. The molecule has 1 aromatic rings. The van der Waals surface area contributed by atoms with Crippen LogP contribution in [0.2, 0.25) is 0 Å². The van der Waals surface area contributed by atoms with Gasteiger partial charge in [0.2, 0.25) is 5.82 Å². The van der Waals surface area contributed by atoms with Crippen molar-refractivity contribution < 1.29 is 19.1 Å². The van der Waals surface area contributed by atoms with Crippen LogP contribution in [0.1, 0.15) is 30.7 Å². The molecule has 0 unspecified atom stereocenters. The minimum absolute atomic E-state index is 0.0464. The summed E-state index contributed by atoms with van der Waals surface area (Å²) in [4.78, 5) is 4.16. The number of aliphatic hydroxyl groups excluding tert-OH is 1. The Bertz CT molecular complexity index is 362. The van der Waals surface area contributed by atoms with Crippen molar-refractivity contribution in [1.82, 2.24) is 10.1 Å². The second-order valence-electron chi connectivity index (χ2n) is 4.02. The van der Waals surface area contributed by atoms with E-state index in [9.17, 15) is 5.11 Å². The Kier molecular flexibility index (Phi) is 3.72. The van der Waals surface area contributed by atoms with Crippen LogP contribution in [0.3, 0.4) is 0 Å². The van der Waals surface area contributed by atoms with E-state index in [1.165, 1.54) is 0 Å². The molecule has 7 heteroatoms. The number of nitrogens with two attached hydrogens (primary N) is 1. The molecule has 17 heavy (non-hydrogen) atoms. The van der Waals surface area contributed by atoms with E-state index in [4.69, 9.17) is 19.7 Å². The summed E-state index contributed by atoms with van der Waals surface area (Å²) >= 11 is 0. The van der Waals surface area contributed by atoms with Crippen molar-refractivity contribution >= 4 is 0 Å². The smallest absolute Gasteiger partial charge is 0.256 e. The highest BCUT2D eigenvalue weighted by atomic mass is 16.5. The standard InChI is InChI=1S/C10H17N3O4/c1-15-10(2-4-16-5-3-10)9-12-8(17-13-9)7(14)6-11/h7,14H,2-6,11H2,1H3/t7-/m0/s1. The lowest BCUT2D eigenvalue weighted by molar-refractivity contribution is -0.101. The fraction of sp³-hybridized carbons (Fsp3) is 0.800. The van der Waals surface area contributed by atoms with Crippen LogP contribution in [0, 0.1) is 0 Å². The lowest BCUT2D eigenvalue weighted by atomic mass is 9.93. The minimum atomic E-state index is -0.926. The van der Waals surface area contributed by atoms with E-state index in [1.807, 2.05) is 0 Å². The van der Waals surface area contributed by atoms with Crippen molar-refractivity contribution in [2.75, 3.05) is 26.9 Å². The van der Waals surface area contributed by atoms with Gasteiger partial charge >= 0.3 is 0 Å². The average Bonchev–Trinajstić information content (AvgIpc) is 2.88. The Balaban J connectivity index is 2.22. The van der Waals surface area contributed by atoms with E-state index >= 15 is 0 Å². The van der Waals surface area contributed by atoms with Crippen molar-refractivity contribution in [2.45, 2.75) is 24.5 Å². The van der Waals surface area contributed by atoms with Gasteiger partial charge in [-0.25, -0.2) is 0 Å². The molecule has 1 saturated heterocycles. The first-order valence-corrected chi connectivity index (χ1v) is 5.57. The molecule has 2 heterocycles. The first-order valence-electron chi connectivity index (χ1n) is 5.57. The molecule has 1 aliphatic rings. The Morgan fingerprint density at radius 2 is 2.24 bits per heavy atom. The first kappa shape index (κ1) is 12.4. The molecule has 7 nitrogen and oxygen atoms in total. The number of ether oxygens (including phenoxy) is 2. The highest BCUT2D eigenvalue weighted by molar-refractivity contribution is 5.04. The largest absolute Gasteiger partial charge is 0.382 e. The molecule has 0 radical (unpaired) electrons. The third kappa shape index (κ3) is 2.32. The Labute approximate surface area is 98.9 Å². The van der Waals surface area contributed by atoms with E-state index in [0.29, 0.717) is 31.9 Å². The Morgan fingerprint density at radius 3 is 2.82 bits per heavy atom. The van der Waals surface area contributed by atoms with Crippen LogP contribution in [0.4, 0.5) is 0 Å². The van der Waals surface area contributed by atoms with Crippen LogP contribution < -0.4 is 5.73 Å². The van der Waals surface area contributed by atoms with Crippen LogP contribution in [0.25, 0.3) is 0 Å². The van der Waals surface area contributed by atoms with Gasteiger partial charge in [0.15, 0.2) is 0 Å². The summed E-state index contributed by atoms with van der Waals surface area (Å²) in [5.41, 5.74) is 4.75. The molecule has 0 amide bonds. The summed E-state index contributed by atoms with van der Waals surface area (Å²) in [6.45, 7) is 1.24. The predicted octanol–water partition coefficient (Wildman–Crippen LogP) is -0.286. The average molecular weight is 243 g/mol. The summed E-state index contributed by atoms with van der Waals surface area (Å²) in [5, 5.41) is 13.4. The number of methoxy groups -OCH3 is 1. The van der Waals surface area contributed by atoms with E-state index in [2.05, 4.69) is 10.1 Å². The van der Waals surface area contributed by atoms with Crippen LogP contribution in [0.15, 0.2) is 4.52 Å². The van der Waals surface area contributed by atoms with Crippen LogP contribution >= 0.6 is 0 Å². The molecular weight excluding hydrogens is 226 g/mol. The molecule has 0 aromatic carbocycles. The maximum atomic E-state index is 9.51. The van der Waals surface area contributed by atoms with Crippen molar-refractivity contribution in [2.24, 2.45) is 5.73 Å². The van der Waals surface area contributed by atoms with Gasteiger partial charge in [0.25, 0.3) is 5.89 Å². The van der Waals surface area contributed by atoms with Crippen molar-refractivity contribution in [3.05, 3.63) is 11.7 Å². The zero-order chi connectivity index (χ0) is 12.3. The summed E-state index contributed by atoms with van der Waals surface area (Å²) in [6.07, 6.45) is 0.410. The number of aromatic nitrogens is 2. The Hall–Kier alpha value is -1.02. The number of hydrogen-bond acceptors (Lipinski definition) is 7. The molecular formula is C10H17N3O4. The van der Waals surface area contributed by atoms with Gasteiger partial charge < -0.3 is 24.8 Å². The second-order valence-corrected chi connectivity index (χ2v) is 4.02. The second kappa shape index (κ2) is 5.09. The van der Waals surface area contributed by atoms with Gasteiger partial charge in [-0.05, 0) is 0 Å². The first-order chi connectivity index (χ1) is 8.22. The van der Waals surface area contributed by atoms with Crippen molar-refractivity contribution in [3.63, 3.8) is 0 Å². The summed E-state index contributed by atoms with van der Waals surface area (Å²) in [6, 6.07) is 0. The van der Waals surface area contributed by atoms with Crippen LogP contribution in [0.5, 0.6) is 0 Å².